The molecule has 1 aliphatic carbocycles. The van der Waals surface area contributed by atoms with E-state index in [1.165, 1.54) is 57.1 Å². The summed E-state index contributed by atoms with van der Waals surface area (Å²) in [7, 11) is 0. The molecule has 1 aromatic heterocycles. The van der Waals surface area contributed by atoms with Gasteiger partial charge in [-0.2, -0.15) is 0 Å². The highest BCUT2D eigenvalue weighted by molar-refractivity contribution is 5.07. The Bertz CT molecular complexity index is 425. The van der Waals surface area contributed by atoms with Gasteiger partial charge in [0, 0.05) is 24.8 Å². The lowest BCUT2D eigenvalue weighted by Gasteiger charge is -2.29. The van der Waals surface area contributed by atoms with Gasteiger partial charge in [-0.15, -0.1) is 0 Å². The van der Waals surface area contributed by atoms with Gasteiger partial charge in [0.05, 0.1) is 24.7 Å². The summed E-state index contributed by atoms with van der Waals surface area (Å²) in [4.78, 5) is 4.36. The van der Waals surface area contributed by atoms with Crippen LogP contribution >= 0.6 is 0 Å². The topological polar surface area (TPSA) is 39.1 Å². The van der Waals surface area contributed by atoms with E-state index >= 15 is 0 Å². The zero-order valence-electron chi connectivity index (χ0n) is 13.3. The van der Waals surface area contributed by atoms with Crippen LogP contribution < -0.4 is 5.32 Å². The molecular weight excluding hydrogens is 262 g/mol. The molecule has 21 heavy (non-hydrogen) atoms. The van der Waals surface area contributed by atoms with Gasteiger partial charge in [-0.1, -0.05) is 19.3 Å². The molecule has 1 saturated carbocycles. The van der Waals surface area contributed by atoms with Crippen molar-refractivity contribution in [3.63, 3.8) is 0 Å². The highest BCUT2D eigenvalue weighted by atomic mass is 16.5. The monoisotopic (exact) mass is 291 g/mol. The number of hydrogen-bond acceptors (Lipinski definition) is 3. The highest BCUT2D eigenvalue weighted by Gasteiger charge is 2.22. The van der Waals surface area contributed by atoms with E-state index in [9.17, 15) is 0 Å². The van der Waals surface area contributed by atoms with Crippen molar-refractivity contribution in [2.75, 3.05) is 6.61 Å². The lowest BCUT2D eigenvalue weighted by Crippen LogP contribution is -2.35. The molecule has 118 valence electrons. The summed E-state index contributed by atoms with van der Waals surface area (Å²) in [5.41, 5.74) is 1.33. The lowest BCUT2D eigenvalue weighted by molar-refractivity contribution is 0.0236. The van der Waals surface area contributed by atoms with E-state index in [1.54, 1.807) is 0 Å². The maximum atomic E-state index is 6.05. The maximum Gasteiger partial charge on any atom is 0.0949 e. The van der Waals surface area contributed by atoms with Crippen LogP contribution in [-0.4, -0.2) is 28.3 Å². The van der Waals surface area contributed by atoms with Crippen molar-refractivity contribution in [1.29, 1.82) is 0 Å². The molecule has 2 fully saturated rings. The van der Waals surface area contributed by atoms with Crippen LogP contribution in [0.4, 0.5) is 0 Å². The zero-order chi connectivity index (χ0) is 14.5. The van der Waals surface area contributed by atoms with Crippen molar-refractivity contribution in [2.24, 2.45) is 0 Å². The van der Waals surface area contributed by atoms with Crippen molar-refractivity contribution >= 4 is 0 Å². The van der Waals surface area contributed by atoms with Crippen LogP contribution in [0.25, 0.3) is 0 Å². The molecule has 2 aliphatic rings. The predicted octanol–water partition coefficient (Wildman–Crippen LogP) is 3.44. The number of imidazole rings is 1. The van der Waals surface area contributed by atoms with Gasteiger partial charge in [0.2, 0.25) is 0 Å². The number of hydrogen-bond donors (Lipinski definition) is 1. The van der Waals surface area contributed by atoms with Crippen molar-refractivity contribution in [3.05, 3.63) is 18.2 Å². The van der Waals surface area contributed by atoms with E-state index in [4.69, 9.17) is 4.74 Å². The molecule has 1 N–H and O–H groups in total. The van der Waals surface area contributed by atoms with Gasteiger partial charge >= 0.3 is 0 Å². The minimum absolute atomic E-state index is 0.464. The molecule has 1 aromatic rings. The Morgan fingerprint density at radius 2 is 2.05 bits per heavy atom. The summed E-state index contributed by atoms with van der Waals surface area (Å²) in [6, 6.07) is 1.08. The molecule has 0 spiro atoms. The van der Waals surface area contributed by atoms with Gasteiger partial charge in [-0.3, -0.25) is 0 Å². The standard InChI is InChI=1S/C17H29N3O/c1-14-6-5-9-16(19-14)17-12-18-13-20(17)10-11-21-15-7-3-2-4-8-15/h12-16,19H,2-11H2,1H3. The molecule has 2 heterocycles. The smallest absolute Gasteiger partial charge is 0.0949 e. The second-order valence-electron chi connectivity index (χ2n) is 6.69. The number of piperidine rings is 1. The van der Waals surface area contributed by atoms with Crippen molar-refractivity contribution in [3.8, 4) is 0 Å². The van der Waals surface area contributed by atoms with Crippen LogP contribution in [0.1, 0.15) is 70.0 Å². The fourth-order valence-electron chi connectivity index (χ4n) is 3.73. The second-order valence-corrected chi connectivity index (χ2v) is 6.69. The molecule has 2 atom stereocenters. The Hall–Kier alpha value is -0.870. The average Bonchev–Trinajstić information content (AvgIpc) is 2.97. The first-order valence-corrected chi connectivity index (χ1v) is 8.70. The van der Waals surface area contributed by atoms with Crippen LogP contribution in [0.3, 0.4) is 0 Å². The summed E-state index contributed by atoms with van der Waals surface area (Å²) >= 11 is 0. The van der Waals surface area contributed by atoms with E-state index in [0.29, 0.717) is 18.2 Å². The zero-order valence-corrected chi connectivity index (χ0v) is 13.3. The third-order valence-electron chi connectivity index (χ3n) is 4.96. The summed E-state index contributed by atoms with van der Waals surface area (Å²) in [5, 5.41) is 3.70. The third kappa shape index (κ3) is 4.07. The molecule has 0 radical (unpaired) electrons. The van der Waals surface area contributed by atoms with Gasteiger partial charge in [0.25, 0.3) is 0 Å². The van der Waals surface area contributed by atoms with Crippen molar-refractivity contribution < 1.29 is 4.74 Å². The molecule has 0 amide bonds. The number of nitrogens with zero attached hydrogens (tertiary/aromatic N) is 2. The third-order valence-corrected chi connectivity index (χ3v) is 4.96. The summed E-state index contributed by atoms with van der Waals surface area (Å²) in [5.74, 6) is 0. The van der Waals surface area contributed by atoms with E-state index in [1.807, 2.05) is 12.5 Å². The molecule has 2 unspecified atom stereocenters. The number of rotatable bonds is 5. The van der Waals surface area contributed by atoms with E-state index in [2.05, 4.69) is 21.8 Å². The molecule has 3 rings (SSSR count). The van der Waals surface area contributed by atoms with Crippen LogP contribution in [0, 0.1) is 0 Å². The Morgan fingerprint density at radius 3 is 2.86 bits per heavy atom. The van der Waals surface area contributed by atoms with Crippen LogP contribution in [0.15, 0.2) is 12.5 Å². The minimum Gasteiger partial charge on any atom is -0.376 e. The van der Waals surface area contributed by atoms with Crippen LogP contribution in [0.5, 0.6) is 0 Å². The Morgan fingerprint density at radius 1 is 1.19 bits per heavy atom. The highest BCUT2D eigenvalue weighted by Crippen LogP contribution is 2.25. The Balaban J connectivity index is 1.50. The minimum atomic E-state index is 0.464. The summed E-state index contributed by atoms with van der Waals surface area (Å²) < 4.78 is 8.33. The lowest BCUT2D eigenvalue weighted by atomic mass is 9.97. The first-order chi connectivity index (χ1) is 10.3. The predicted molar refractivity (Wildman–Crippen MR) is 84.2 cm³/mol. The van der Waals surface area contributed by atoms with E-state index in [-0.39, 0.29) is 0 Å². The van der Waals surface area contributed by atoms with E-state index in [0.717, 1.165) is 13.2 Å². The molecule has 0 aromatic carbocycles. The molecule has 4 nitrogen and oxygen atoms in total. The molecule has 4 heteroatoms. The molecule has 1 aliphatic heterocycles. The van der Waals surface area contributed by atoms with Gasteiger partial charge in [-0.05, 0) is 39.0 Å². The summed E-state index contributed by atoms with van der Waals surface area (Å²) in [6.07, 6.45) is 14.9. The van der Waals surface area contributed by atoms with Crippen molar-refractivity contribution in [1.82, 2.24) is 14.9 Å². The largest absolute Gasteiger partial charge is 0.376 e. The van der Waals surface area contributed by atoms with E-state index < -0.39 is 0 Å². The van der Waals surface area contributed by atoms with Crippen molar-refractivity contribution in [2.45, 2.75) is 83.0 Å². The second kappa shape index (κ2) is 7.41. The maximum absolute atomic E-state index is 6.05. The van der Waals surface area contributed by atoms with Gasteiger partial charge in [0.15, 0.2) is 0 Å². The molecule has 0 bridgehead atoms. The fourth-order valence-corrected chi connectivity index (χ4v) is 3.73. The van der Waals surface area contributed by atoms with Gasteiger partial charge < -0.3 is 14.6 Å². The summed E-state index contributed by atoms with van der Waals surface area (Å²) in [6.45, 7) is 4.02. The number of ether oxygens (including phenoxy) is 1. The van der Waals surface area contributed by atoms with Gasteiger partial charge in [0.1, 0.15) is 0 Å². The number of nitrogens with one attached hydrogen (secondary N) is 1. The Kier molecular flexibility index (Phi) is 5.31. The van der Waals surface area contributed by atoms with Crippen LogP contribution in [-0.2, 0) is 11.3 Å². The van der Waals surface area contributed by atoms with Gasteiger partial charge in [-0.25, -0.2) is 4.98 Å². The quantitative estimate of drug-likeness (QED) is 0.903. The molecule has 1 saturated heterocycles. The normalized spacial score (nSPS) is 27.9. The Labute approximate surface area is 128 Å². The fraction of sp³-hybridized carbons (Fsp3) is 0.824. The SMILES string of the molecule is CC1CCCC(c2cncn2CCOC2CCCCC2)N1. The molecular formula is C17H29N3O. The number of aromatic nitrogens is 2. The first kappa shape index (κ1) is 15.0. The van der Waals surface area contributed by atoms with Crippen LogP contribution in [0.2, 0.25) is 0 Å². The first-order valence-electron chi connectivity index (χ1n) is 8.70. The average molecular weight is 291 g/mol.